The average molecular weight is 191 g/mol. The maximum atomic E-state index is 7.05. The molecule has 0 aliphatic carbocycles. The van der Waals surface area contributed by atoms with Crippen LogP contribution in [0.4, 0.5) is 0 Å². The van der Waals surface area contributed by atoms with Crippen molar-refractivity contribution in [2.75, 3.05) is 0 Å². The Morgan fingerprint density at radius 3 is 2.85 bits per heavy atom. The van der Waals surface area contributed by atoms with Gasteiger partial charge in [0.15, 0.2) is 0 Å². The van der Waals surface area contributed by atoms with E-state index in [1.165, 1.54) is 6.21 Å². The second kappa shape index (κ2) is 3.15. The second-order valence-electron chi connectivity index (χ2n) is 2.72. The summed E-state index contributed by atoms with van der Waals surface area (Å²) in [4.78, 5) is 4.23. The summed E-state index contributed by atoms with van der Waals surface area (Å²) in [6, 6.07) is 9.22. The lowest BCUT2D eigenvalue weighted by atomic mass is 10.2. The van der Waals surface area contributed by atoms with E-state index >= 15 is 0 Å². The minimum Gasteiger partial charge on any atom is -0.307 e. The molecule has 3 heteroatoms. The van der Waals surface area contributed by atoms with E-state index in [1.807, 2.05) is 18.2 Å². The Kier molecular flexibility index (Phi) is 1.99. The molecule has 0 aliphatic heterocycles. The smallest absolute Gasteiger partial charge is 0.0812 e. The summed E-state index contributed by atoms with van der Waals surface area (Å²) in [6.45, 7) is 0. The third-order valence-electron chi connectivity index (χ3n) is 1.82. The number of pyridine rings is 1. The highest BCUT2D eigenvalue weighted by atomic mass is 35.5. The van der Waals surface area contributed by atoms with Gasteiger partial charge in [-0.25, -0.2) is 4.98 Å². The van der Waals surface area contributed by atoms with E-state index < -0.39 is 0 Å². The molecule has 13 heavy (non-hydrogen) atoms. The van der Waals surface area contributed by atoms with Crippen LogP contribution in [0.3, 0.4) is 0 Å². The first-order chi connectivity index (χ1) is 6.29. The maximum absolute atomic E-state index is 7.05. The van der Waals surface area contributed by atoms with Gasteiger partial charge in [-0.3, -0.25) is 0 Å². The molecule has 0 fully saturated rings. The van der Waals surface area contributed by atoms with Gasteiger partial charge in [0.1, 0.15) is 0 Å². The number of aromatic nitrogens is 1. The van der Waals surface area contributed by atoms with Crippen molar-refractivity contribution >= 4 is 28.7 Å². The van der Waals surface area contributed by atoms with Crippen LogP contribution in [0.15, 0.2) is 30.3 Å². The van der Waals surface area contributed by atoms with Gasteiger partial charge in [0, 0.05) is 16.6 Å². The lowest BCUT2D eigenvalue weighted by Gasteiger charge is -1.98. The fraction of sp³-hybridized carbons (Fsp3) is 0. The molecule has 0 bridgehead atoms. The first-order valence-electron chi connectivity index (χ1n) is 3.86. The van der Waals surface area contributed by atoms with E-state index in [-0.39, 0.29) is 0 Å². The molecule has 0 amide bonds. The van der Waals surface area contributed by atoms with Gasteiger partial charge >= 0.3 is 0 Å². The standard InChI is InChI=1S/C10H7ClN2/c11-8-2-4-10-7(5-8)1-3-9(6-12)13-10/h1-6,12H. The maximum Gasteiger partial charge on any atom is 0.0812 e. The third kappa shape index (κ3) is 1.53. The lowest BCUT2D eigenvalue weighted by molar-refractivity contribution is 1.36. The molecule has 1 aromatic carbocycles. The molecule has 2 aromatic rings. The fourth-order valence-electron chi connectivity index (χ4n) is 1.19. The molecule has 1 N–H and O–H groups in total. The van der Waals surface area contributed by atoms with Gasteiger partial charge in [0.25, 0.3) is 0 Å². The van der Waals surface area contributed by atoms with Crippen molar-refractivity contribution < 1.29 is 0 Å². The Labute approximate surface area is 80.7 Å². The molecular weight excluding hydrogens is 184 g/mol. The molecule has 0 saturated carbocycles. The first-order valence-corrected chi connectivity index (χ1v) is 4.24. The topological polar surface area (TPSA) is 36.7 Å². The van der Waals surface area contributed by atoms with E-state index in [0.717, 1.165) is 10.9 Å². The van der Waals surface area contributed by atoms with Crippen molar-refractivity contribution in [3.63, 3.8) is 0 Å². The Balaban J connectivity index is 2.73. The summed E-state index contributed by atoms with van der Waals surface area (Å²) >= 11 is 5.82. The summed E-state index contributed by atoms with van der Waals surface area (Å²) in [5.41, 5.74) is 1.53. The predicted octanol–water partition coefficient (Wildman–Crippen LogP) is 2.89. The van der Waals surface area contributed by atoms with E-state index in [9.17, 15) is 0 Å². The van der Waals surface area contributed by atoms with Gasteiger partial charge in [-0.15, -0.1) is 0 Å². The van der Waals surface area contributed by atoms with Crippen LogP contribution >= 0.6 is 11.6 Å². The number of fused-ring (bicyclic) bond motifs is 1. The molecule has 0 spiro atoms. The summed E-state index contributed by atoms with van der Waals surface area (Å²) in [6.07, 6.45) is 1.23. The second-order valence-corrected chi connectivity index (χ2v) is 3.15. The number of rotatable bonds is 1. The monoisotopic (exact) mass is 190 g/mol. The van der Waals surface area contributed by atoms with E-state index in [2.05, 4.69) is 4.98 Å². The van der Waals surface area contributed by atoms with Gasteiger partial charge in [-0.2, -0.15) is 0 Å². The highest BCUT2D eigenvalue weighted by Gasteiger charge is 1.96. The Bertz CT molecular complexity index is 465. The van der Waals surface area contributed by atoms with Crippen molar-refractivity contribution in [3.05, 3.63) is 41.0 Å². The Morgan fingerprint density at radius 1 is 1.23 bits per heavy atom. The van der Waals surface area contributed by atoms with Gasteiger partial charge in [-0.05, 0) is 24.3 Å². The van der Waals surface area contributed by atoms with Crippen LogP contribution in [-0.4, -0.2) is 11.2 Å². The molecule has 2 nitrogen and oxygen atoms in total. The third-order valence-corrected chi connectivity index (χ3v) is 2.06. The fourth-order valence-corrected chi connectivity index (χ4v) is 1.37. The number of benzene rings is 1. The van der Waals surface area contributed by atoms with Crippen molar-refractivity contribution in [3.8, 4) is 0 Å². The number of nitrogens with one attached hydrogen (secondary N) is 1. The Morgan fingerprint density at radius 2 is 2.08 bits per heavy atom. The molecule has 0 atom stereocenters. The van der Waals surface area contributed by atoms with Crippen LogP contribution in [0.5, 0.6) is 0 Å². The Hall–Kier alpha value is -1.41. The zero-order valence-corrected chi connectivity index (χ0v) is 7.55. The van der Waals surface area contributed by atoms with Crippen molar-refractivity contribution in [1.29, 1.82) is 5.41 Å². The molecule has 0 saturated heterocycles. The molecular formula is C10H7ClN2. The molecule has 1 aromatic heterocycles. The van der Waals surface area contributed by atoms with Crippen molar-refractivity contribution in [2.24, 2.45) is 0 Å². The number of hydrogen-bond acceptors (Lipinski definition) is 2. The van der Waals surface area contributed by atoms with Crippen molar-refractivity contribution in [1.82, 2.24) is 4.98 Å². The first kappa shape index (κ1) is 8.20. The number of nitrogens with zero attached hydrogens (tertiary/aromatic N) is 1. The molecule has 1 heterocycles. The number of hydrogen-bond donors (Lipinski definition) is 1. The molecule has 2 rings (SSSR count). The summed E-state index contributed by atoms with van der Waals surface area (Å²) in [5, 5.41) is 8.75. The van der Waals surface area contributed by atoms with Gasteiger partial charge in [-0.1, -0.05) is 17.7 Å². The molecule has 0 aliphatic rings. The quantitative estimate of drug-likeness (QED) is 0.690. The minimum absolute atomic E-state index is 0.662. The van der Waals surface area contributed by atoms with Gasteiger partial charge in [0.2, 0.25) is 0 Å². The lowest BCUT2D eigenvalue weighted by Crippen LogP contribution is -1.86. The van der Waals surface area contributed by atoms with Crippen LogP contribution in [0, 0.1) is 5.41 Å². The van der Waals surface area contributed by atoms with E-state index in [1.54, 1.807) is 12.1 Å². The van der Waals surface area contributed by atoms with E-state index in [4.69, 9.17) is 17.0 Å². The van der Waals surface area contributed by atoms with Crippen LogP contribution in [0.1, 0.15) is 5.69 Å². The SMILES string of the molecule is N=Cc1ccc2cc(Cl)ccc2n1. The van der Waals surface area contributed by atoms with Gasteiger partial charge < -0.3 is 5.41 Å². The van der Waals surface area contributed by atoms with Crippen LogP contribution < -0.4 is 0 Å². The van der Waals surface area contributed by atoms with Crippen molar-refractivity contribution in [2.45, 2.75) is 0 Å². The molecule has 0 radical (unpaired) electrons. The van der Waals surface area contributed by atoms with Gasteiger partial charge in [0.05, 0.1) is 11.2 Å². The zero-order valence-electron chi connectivity index (χ0n) is 6.79. The average Bonchev–Trinajstić information content (AvgIpc) is 2.17. The summed E-state index contributed by atoms with van der Waals surface area (Å²) in [5.74, 6) is 0. The van der Waals surface area contributed by atoms with Crippen LogP contribution in [0.2, 0.25) is 5.02 Å². The minimum atomic E-state index is 0.662. The molecule has 0 unspecified atom stereocenters. The predicted molar refractivity (Wildman–Crippen MR) is 54.6 cm³/mol. The highest BCUT2D eigenvalue weighted by Crippen LogP contribution is 2.17. The zero-order chi connectivity index (χ0) is 9.26. The van der Waals surface area contributed by atoms with E-state index in [0.29, 0.717) is 10.7 Å². The molecule has 64 valence electrons. The van der Waals surface area contributed by atoms with Crippen LogP contribution in [-0.2, 0) is 0 Å². The summed E-state index contributed by atoms with van der Waals surface area (Å²) in [7, 11) is 0. The summed E-state index contributed by atoms with van der Waals surface area (Å²) < 4.78 is 0. The normalized spacial score (nSPS) is 10.2. The van der Waals surface area contributed by atoms with Crippen LogP contribution in [0.25, 0.3) is 10.9 Å². The largest absolute Gasteiger partial charge is 0.307 e. The number of halogens is 1. The highest BCUT2D eigenvalue weighted by molar-refractivity contribution is 6.31.